The van der Waals surface area contributed by atoms with Gasteiger partial charge in [-0.15, -0.1) is 5.10 Å². The molecule has 3 aromatic rings. The van der Waals surface area contributed by atoms with Crippen molar-refractivity contribution in [2.75, 3.05) is 5.32 Å². The van der Waals surface area contributed by atoms with E-state index in [0.717, 1.165) is 12.0 Å². The third-order valence-electron chi connectivity index (χ3n) is 4.83. The van der Waals surface area contributed by atoms with Crippen LogP contribution in [0.2, 0.25) is 0 Å². The Kier molecular flexibility index (Phi) is 6.33. The van der Waals surface area contributed by atoms with Crippen molar-refractivity contribution in [2.24, 2.45) is 13.0 Å². The second-order valence-corrected chi connectivity index (χ2v) is 6.90. The number of hydrogen-bond donors (Lipinski definition) is 2. The number of aryl methyl sites for hydroxylation is 1. The van der Waals surface area contributed by atoms with Crippen molar-refractivity contribution >= 4 is 17.5 Å². The summed E-state index contributed by atoms with van der Waals surface area (Å²) in [5.74, 6) is 0.0209. The highest BCUT2D eigenvalue weighted by molar-refractivity contribution is 6.01. The molecule has 0 spiro atoms. The first-order chi connectivity index (χ1) is 14.0. The zero-order chi connectivity index (χ0) is 20.8. The fraction of sp³-hybridized carbons (Fsp3) is 0.286. The molecule has 0 aliphatic carbocycles. The fourth-order valence-corrected chi connectivity index (χ4v) is 2.95. The average molecular weight is 392 g/mol. The average Bonchev–Trinajstić information content (AvgIpc) is 3.18. The predicted molar refractivity (Wildman–Crippen MR) is 110 cm³/mol. The monoisotopic (exact) mass is 392 g/mol. The van der Waals surface area contributed by atoms with E-state index in [0.29, 0.717) is 17.1 Å². The summed E-state index contributed by atoms with van der Waals surface area (Å²) in [6.45, 7) is 3.93. The smallest absolute Gasteiger partial charge is 0.251 e. The van der Waals surface area contributed by atoms with Gasteiger partial charge in [0.05, 0.1) is 0 Å². The molecule has 3 rings (SSSR count). The first kappa shape index (κ1) is 20.2. The normalized spacial score (nSPS) is 12.8. The molecule has 0 saturated carbocycles. The Morgan fingerprint density at radius 2 is 1.86 bits per heavy atom. The van der Waals surface area contributed by atoms with Gasteiger partial charge in [-0.3, -0.25) is 9.59 Å². The summed E-state index contributed by atoms with van der Waals surface area (Å²) in [7, 11) is 1.75. The number of aromatic nitrogens is 4. The Hall–Kier alpha value is -3.55. The van der Waals surface area contributed by atoms with Gasteiger partial charge in [-0.1, -0.05) is 50.6 Å². The van der Waals surface area contributed by atoms with E-state index in [2.05, 4.69) is 26.2 Å². The molecule has 2 atom stereocenters. The Labute approximate surface area is 169 Å². The molecule has 8 heteroatoms. The number of carbonyl (C=O) groups is 2. The maximum Gasteiger partial charge on any atom is 0.251 e. The molecule has 150 valence electrons. The minimum absolute atomic E-state index is 0.0335. The van der Waals surface area contributed by atoms with Crippen LogP contribution in [0.5, 0.6) is 0 Å². The van der Waals surface area contributed by atoms with Crippen molar-refractivity contribution in [1.29, 1.82) is 0 Å². The topological polar surface area (TPSA) is 102 Å². The van der Waals surface area contributed by atoms with Crippen LogP contribution in [-0.2, 0) is 11.8 Å². The van der Waals surface area contributed by atoms with Crippen molar-refractivity contribution in [1.82, 2.24) is 25.5 Å². The van der Waals surface area contributed by atoms with E-state index in [1.165, 1.54) is 0 Å². The standard InChI is InChI=1S/C21H24N6O2/c1-4-14(2)18(23-20(28)15-9-6-5-7-10-15)21(29)22-17-12-8-11-16(13-17)19-24-25-26-27(19)3/h5-14,18H,4H2,1-3H3,(H,22,29)(H,23,28). The lowest BCUT2D eigenvalue weighted by Gasteiger charge is -2.23. The van der Waals surface area contributed by atoms with Gasteiger partial charge in [-0.25, -0.2) is 4.68 Å². The van der Waals surface area contributed by atoms with Gasteiger partial charge in [0.15, 0.2) is 5.82 Å². The summed E-state index contributed by atoms with van der Waals surface area (Å²) in [5, 5.41) is 17.2. The summed E-state index contributed by atoms with van der Waals surface area (Å²) in [5.41, 5.74) is 1.91. The van der Waals surface area contributed by atoms with Crippen molar-refractivity contribution < 1.29 is 9.59 Å². The lowest BCUT2D eigenvalue weighted by Crippen LogP contribution is -2.47. The van der Waals surface area contributed by atoms with Gasteiger partial charge in [0.2, 0.25) is 5.91 Å². The minimum atomic E-state index is -0.659. The second kappa shape index (κ2) is 9.09. The second-order valence-electron chi connectivity index (χ2n) is 6.90. The molecule has 2 N–H and O–H groups in total. The number of anilines is 1. The molecule has 8 nitrogen and oxygen atoms in total. The molecule has 1 heterocycles. The molecule has 0 radical (unpaired) electrons. The molecule has 0 aliphatic rings. The van der Waals surface area contributed by atoms with Crippen LogP contribution in [0.25, 0.3) is 11.4 Å². The molecule has 0 aliphatic heterocycles. The van der Waals surface area contributed by atoms with E-state index in [4.69, 9.17) is 0 Å². The summed E-state index contributed by atoms with van der Waals surface area (Å²) < 4.78 is 1.56. The number of hydrogen-bond acceptors (Lipinski definition) is 5. The molecule has 2 unspecified atom stereocenters. The van der Waals surface area contributed by atoms with E-state index in [1.807, 2.05) is 32.0 Å². The van der Waals surface area contributed by atoms with Crippen LogP contribution in [0.4, 0.5) is 5.69 Å². The highest BCUT2D eigenvalue weighted by Gasteiger charge is 2.26. The van der Waals surface area contributed by atoms with Gasteiger partial charge >= 0.3 is 0 Å². The Bertz CT molecular complexity index is 986. The van der Waals surface area contributed by atoms with E-state index in [-0.39, 0.29) is 17.7 Å². The number of tetrazole rings is 1. The lowest BCUT2D eigenvalue weighted by atomic mass is 9.97. The number of benzene rings is 2. The number of amides is 2. The molecule has 2 amide bonds. The number of nitrogens with one attached hydrogen (secondary N) is 2. The number of carbonyl (C=O) groups excluding carboxylic acids is 2. The van der Waals surface area contributed by atoms with Crippen molar-refractivity contribution in [2.45, 2.75) is 26.3 Å². The SMILES string of the molecule is CCC(C)C(NC(=O)c1ccccc1)C(=O)Nc1cccc(-c2nnnn2C)c1. The largest absolute Gasteiger partial charge is 0.340 e. The van der Waals surface area contributed by atoms with Crippen molar-refractivity contribution in [3.63, 3.8) is 0 Å². The van der Waals surface area contributed by atoms with Crippen molar-refractivity contribution in [3.8, 4) is 11.4 Å². The van der Waals surface area contributed by atoms with Crippen LogP contribution in [0.3, 0.4) is 0 Å². The molecule has 29 heavy (non-hydrogen) atoms. The third kappa shape index (κ3) is 4.84. The summed E-state index contributed by atoms with van der Waals surface area (Å²) >= 11 is 0. The first-order valence-corrected chi connectivity index (χ1v) is 9.49. The maximum atomic E-state index is 13.0. The van der Waals surface area contributed by atoms with Crippen LogP contribution >= 0.6 is 0 Å². The third-order valence-corrected chi connectivity index (χ3v) is 4.83. The Morgan fingerprint density at radius 1 is 1.10 bits per heavy atom. The van der Waals surface area contributed by atoms with Gasteiger partial charge in [0.1, 0.15) is 6.04 Å². The summed E-state index contributed by atoms with van der Waals surface area (Å²) in [4.78, 5) is 25.5. The predicted octanol–water partition coefficient (Wildman–Crippen LogP) is 2.66. The molecule has 0 saturated heterocycles. The number of nitrogens with zero attached hydrogens (tertiary/aromatic N) is 4. The van der Waals surface area contributed by atoms with Crippen LogP contribution in [0.15, 0.2) is 54.6 Å². The van der Waals surface area contributed by atoms with Gasteiger partial charge < -0.3 is 10.6 Å². The molecule has 0 bridgehead atoms. The van der Waals surface area contributed by atoms with Crippen LogP contribution < -0.4 is 10.6 Å². The quantitative estimate of drug-likeness (QED) is 0.644. The molecular weight excluding hydrogens is 368 g/mol. The van der Waals surface area contributed by atoms with Gasteiger partial charge in [0, 0.05) is 23.9 Å². The minimum Gasteiger partial charge on any atom is -0.340 e. The zero-order valence-corrected chi connectivity index (χ0v) is 16.7. The fourth-order valence-electron chi connectivity index (χ4n) is 2.95. The van der Waals surface area contributed by atoms with Crippen molar-refractivity contribution in [3.05, 3.63) is 60.2 Å². The summed E-state index contributed by atoms with van der Waals surface area (Å²) in [6.07, 6.45) is 0.748. The van der Waals surface area contributed by atoms with Gasteiger partial charge in [0.25, 0.3) is 5.91 Å². The molecular formula is C21H24N6O2. The number of rotatable bonds is 7. The lowest BCUT2D eigenvalue weighted by molar-refractivity contribution is -0.119. The zero-order valence-electron chi connectivity index (χ0n) is 16.7. The van der Waals surface area contributed by atoms with E-state index < -0.39 is 6.04 Å². The highest BCUT2D eigenvalue weighted by atomic mass is 16.2. The van der Waals surface area contributed by atoms with Crippen LogP contribution in [0.1, 0.15) is 30.6 Å². The van der Waals surface area contributed by atoms with E-state index in [1.54, 1.807) is 48.1 Å². The summed E-state index contributed by atoms with van der Waals surface area (Å²) in [6, 6.07) is 15.5. The Morgan fingerprint density at radius 3 is 2.52 bits per heavy atom. The van der Waals surface area contributed by atoms with E-state index >= 15 is 0 Å². The highest BCUT2D eigenvalue weighted by Crippen LogP contribution is 2.20. The van der Waals surface area contributed by atoms with Crippen LogP contribution in [-0.4, -0.2) is 38.1 Å². The molecule has 2 aromatic carbocycles. The molecule has 0 fully saturated rings. The first-order valence-electron chi connectivity index (χ1n) is 9.49. The Balaban J connectivity index is 1.77. The van der Waals surface area contributed by atoms with Gasteiger partial charge in [-0.05, 0) is 40.6 Å². The van der Waals surface area contributed by atoms with E-state index in [9.17, 15) is 9.59 Å². The molecule has 1 aromatic heterocycles. The maximum absolute atomic E-state index is 13.0. The van der Waals surface area contributed by atoms with Crippen LogP contribution in [0, 0.1) is 5.92 Å². The van der Waals surface area contributed by atoms with Gasteiger partial charge in [-0.2, -0.15) is 0 Å².